The smallest absolute Gasteiger partial charge is 0.353 e. The minimum Gasteiger partial charge on any atom is -0.477 e. The summed E-state index contributed by atoms with van der Waals surface area (Å²) in [7, 11) is 0. The van der Waals surface area contributed by atoms with Crippen LogP contribution in [-0.4, -0.2) is 71.0 Å². The van der Waals surface area contributed by atoms with Crippen LogP contribution in [0.15, 0.2) is 50.0 Å². The fourth-order valence-corrected chi connectivity index (χ4v) is 7.52. The highest BCUT2D eigenvalue weighted by atomic mass is 32.2. The van der Waals surface area contributed by atoms with Crippen LogP contribution in [0.1, 0.15) is 44.3 Å². The van der Waals surface area contributed by atoms with Gasteiger partial charge in [0.25, 0.3) is 11.8 Å². The van der Waals surface area contributed by atoms with Crippen molar-refractivity contribution in [1.82, 2.24) is 29.5 Å². The second-order valence-corrected chi connectivity index (χ2v) is 12.6. The lowest BCUT2D eigenvalue weighted by molar-refractivity contribution is -0.155. The molecule has 1 saturated heterocycles. The maximum atomic E-state index is 13.3. The van der Waals surface area contributed by atoms with Crippen LogP contribution in [0.2, 0.25) is 0 Å². The number of oxime groups is 1. The average molecular weight is 613 g/mol. The highest BCUT2D eigenvalue weighted by Crippen LogP contribution is 2.44. The van der Waals surface area contributed by atoms with Crippen molar-refractivity contribution in [1.29, 1.82) is 0 Å². The first-order valence-electron chi connectivity index (χ1n) is 12.9. The molecule has 3 aromatic heterocycles. The molecule has 0 radical (unpaired) electrons. The third-order valence-electron chi connectivity index (χ3n) is 7.01. The number of nitrogen functional groups attached to an aromatic ring is 1. The SMILES string of the molecule is Nc1nc(/C(=N/OC2CCCC2)C(=O)NC2C(=O)N3C(C(=O)O)=C(Sc4nc(-c5ccncc5)cs4)CCC23)ns1. The van der Waals surface area contributed by atoms with Crippen molar-refractivity contribution < 1.29 is 24.3 Å². The number of carbonyl (C=O) groups is 3. The number of thioether (sulfide) groups is 1. The number of nitrogens with one attached hydrogen (secondary N) is 1. The lowest BCUT2D eigenvalue weighted by Gasteiger charge is -2.49. The first kappa shape index (κ1) is 27.3. The van der Waals surface area contributed by atoms with Crippen LogP contribution in [0, 0.1) is 0 Å². The van der Waals surface area contributed by atoms with E-state index in [4.69, 9.17) is 10.6 Å². The molecular formula is C25H24N8O5S3. The van der Waals surface area contributed by atoms with Gasteiger partial charge in [0.15, 0.2) is 9.47 Å². The molecule has 0 aromatic carbocycles. The van der Waals surface area contributed by atoms with Gasteiger partial charge in [0.1, 0.15) is 17.8 Å². The van der Waals surface area contributed by atoms with Crippen LogP contribution in [0.3, 0.4) is 0 Å². The zero-order valence-electron chi connectivity index (χ0n) is 21.4. The van der Waals surface area contributed by atoms with E-state index in [2.05, 4.69) is 29.8 Å². The summed E-state index contributed by atoms with van der Waals surface area (Å²) in [5.41, 5.74) is 7.12. The Balaban J connectivity index is 1.18. The number of amides is 2. The number of carboxylic acid groups (broad SMARTS) is 1. The first-order chi connectivity index (χ1) is 19.9. The second kappa shape index (κ2) is 11.5. The highest BCUT2D eigenvalue weighted by Gasteiger charge is 2.54. The van der Waals surface area contributed by atoms with Gasteiger partial charge in [0, 0.05) is 39.8 Å². The second-order valence-electron chi connectivity index (χ2n) is 9.59. The Morgan fingerprint density at radius 3 is 2.68 bits per heavy atom. The monoisotopic (exact) mass is 612 g/mol. The van der Waals surface area contributed by atoms with Crippen LogP contribution >= 0.6 is 34.6 Å². The van der Waals surface area contributed by atoms with E-state index < -0.39 is 29.9 Å². The van der Waals surface area contributed by atoms with Gasteiger partial charge in [-0.25, -0.2) is 9.78 Å². The van der Waals surface area contributed by atoms with E-state index in [1.54, 1.807) is 12.4 Å². The Hall–Kier alpha value is -3.89. The van der Waals surface area contributed by atoms with Crippen molar-refractivity contribution in [2.45, 2.75) is 61.1 Å². The van der Waals surface area contributed by atoms with Crippen LogP contribution < -0.4 is 11.1 Å². The summed E-state index contributed by atoms with van der Waals surface area (Å²) in [6, 6.07) is 2.26. The number of carbonyl (C=O) groups excluding carboxylic acids is 2. The van der Waals surface area contributed by atoms with Crippen LogP contribution in [0.25, 0.3) is 11.3 Å². The molecule has 16 heteroatoms. The summed E-state index contributed by atoms with van der Waals surface area (Å²) in [6.07, 6.45) is 7.83. The van der Waals surface area contributed by atoms with E-state index in [1.165, 1.54) is 28.0 Å². The number of hydrogen-bond acceptors (Lipinski definition) is 13. The zero-order chi connectivity index (χ0) is 28.5. The van der Waals surface area contributed by atoms with E-state index in [9.17, 15) is 19.5 Å². The summed E-state index contributed by atoms with van der Waals surface area (Å²) >= 11 is 3.55. The zero-order valence-corrected chi connectivity index (χ0v) is 23.9. The van der Waals surface area contributed by atoms with Crippen molar-refractivity contribution in [3.05, 3.63) is 46.3 Å². The number of fused-ring (bicyclic) bond motifs is 1. The van der Waals surface area contributed by atoms with Gasteiger partial charge in [0.2, 0.25) is 11.5 Å². The molecule has 13 nitrogen and oxygen atoms in total. The molecule has 2 aliphatic heterocycles. The number of rotatable bonds is 9. The fraction of sp³-hybridized carbons (Fsp3) is 0.360. The van der Waals surface area contributed by atoms with Crippen LogP contribution in [0.5, 0.6) is 0 Å². The number of nitrogens with two attached hydrogens (primary N) is 1. The predicted molar refractivity (Wildman–Crippen MR) is 152 cm³/mol. The van der Waals surface area contributed by atoms with E-state index in [-0.39, 0.29) is 28.5 Å². The van der Waals surface area contributed by atoms with Crippen molar-refractivity contribution in [3.8, 4) is 11.3 Å². The topological polar surface area (TPSA) is 186 Å². The molecule has 2 fully saturated rings. The molecule has 3 aliphatic rings. The van der Waals surface area contributed by atoms with Crippen molar-refractivity contribution >= 4 is 63.3 Å². The minimum absolute atomic E-state index is 0.00894. The molecular weight excluding hydrogens is 589 g/mol. The molecule has 4 N–H and O–H groups in total. The van der Waals surface area contributed by atoms with Gasteiger partial charge in [-0.05, 0) is 50.7 Å². The number of thiazole rings is 1. The molecule has 2 amide bonds. The maximum Gasteiger partial charge on any atom is 0.353 e. The Morgan fingerprint density at radius 1 is 1.20 bits per heavy atom. The molecule has 0 spiro atoms. The van der Waals surface area contributed by atoms with Gasteiger partial charge < -0.3 is 21.0 Å². The normalized spacial score (nSPS) is 21.0. The number of anilines is 1. The maximum absolute atomic E-state index is 13.3. The molecule has 41 heavy (non-hydrogen) atoms. The van der Waals surface area contributed by atoms with E-state index >= 15 is 0 Å². The fourth-order valence-electron chi connectivity index (χ4n) is 5.04. The Kier molecular flexibility index (Phi) is 7.68. The lowest BCUT2D eigenvalue weighted by atomic mass is 9.86. The molecule has 2 unspecified atom stereocenters. The molecule has 3 aromatic rings. The number of pyridine rings is 1. The molecule has 0 bridgehead atoms. The first-order valence-corrected chi connectivity index (χ1v) is 15.3. The van der Waals surface area contributed by atoms with Crippen LogP contribution in [-0.2, 0) is 19.2 Å². The number of nitrogens with zero attached hydrogens (tertiary/aromatic N) is 6. The molecule has 1 aliphatic carbocycles. The largest absolute Gasteiger partial charge is 0.477 e. The Bertz CT molecular complexity index is 1550. The van der Waals surface area contributed by atoms with Gasteiger partial charge >= 0.3 is 5.97 Å². The number of β-lactam (4-membered cyclic amide) rings is 1. The molecule has 6 rings (SSSR count). The third kappa shape index (κ3) is 5.54. The summed E-state index contributed by atoms with van der Waals surface area (Å²) in [6.45, 7) is 0. The van der Waals surface area contributed by atoms with E-state index in [1.807, 2.05) is 17.5 Å². The standard InChI is InChI=1S/C25H24N8O5S3/c26-24-30-20(32-41-24)18(31-38-13-3-1-2-4-13)21(34)29-17-15-5-6-16(19(23(36)37)33(15)22(17)35)40-25-28-14(11-39-25)12-7-9-27-10-8-12/h7-11,13,15,17H,1-6H2,(H,29,34)(H,36,37)(H2,26,30,32)/b31-18-. The number of carboxylic acids is 1. The van der Waals surface area contributed by atoms with Gasteiger partial charge in [0.05, 0.1) is 11.7 Å². The molecule has 1 saturated carbocycles. The Labute approximate surface area is 246 Å². The van der Waals surface area contributed by atoms with E-state index in [0.717, 1.165) is 48.5 Å². The van der Waals surface area contributed by atoms with Gasteiger partial charge in [-0.2, -0.15) is 9.36 Å². The van der Waals surface area contributed by atoms with Gasteiger partial charge in [-0.1, -0.05) is 16.9 Å². The number of allylic oxidation sites excluding steroid dienone is 1. The summed E-state index contributed by atoms with van der Waals surface area (Å²) in [5, 5.41) is 18.9. The summed E-state index contributed by atoms with van der Waals surface area (Å²) in [4.78, 5) is 58.9. The molecule has 2 atom stereocenters. The van der Waals surface area contributed by atoms with Crippen molar-refractivity contribution in [2.75, 3.05) is 5.73 Å². The van der Waals surface area contributed by atoms with Gasteiger partial charge in [-0.15, -0.1) is 11.3 Å². The van der Waals surface area contributed by atoms with Crippen LogP contribution in [0.4, 0.5) is 5.13 Å². The third-order valence-corrected chi connectivity index (χ3v) is 9.64. The summed E-state index contributed by atoms with van der Waals surface area (Å²) < 4.78 is 4.75. The lowest BCUT2D eigenvalue weighted by Crippen LogP contribution is -2.72. The Morgan fingerprint density at radius 2 is 1.98 bits per heavy atom. The summed E-state index contributed by atoms with van der Waals surface area (Å²) in [5.74, 6) is -2.41. The number of aliphatic carboxylic acids is 1. The quantitative estimate of drug-likeness (QED) is 0.183. The van der Waals surface area contributed by atoms with Crippen molar-refractivity contribution in [3.63, 3.8) is 0 Å². The predicted octanol–water partition coefficient (Wildman–Crippen LogP) is 2.88. The van der Waals surface area contributed by atoms with Gasteiger partial charge in [-0.3, -0.25) is 19.5 Å². The molecule has 212 valence electrons. The van der Waals surface area contributed by atoms with Crippen molar-refractivity contribution in [2.24, 2.45) is 5.16 Å². The minimum atomic E-state index is -1.21. The number of aromatic nitrogens is 4. The molecule has 5 heterocycles. The van der Waals surface area contributed by atoms with E-state index in [0.29, 0.717) is 22.1 Å². The number of hydrogen-bond donors (Lipinski definition) is 3. The average Bonchev–Trinajstić information content (AvgIpc) is 3.75. The highest BCUT2D eigenvalue weighted by molar-refractivity contribution is 8.04.